The van der Waals surface area contributed by atoms with E-state index in [0.717, 1.165) is 15.6 Å². The van der Waals surface area contributed by atoms with E-state index < -0.39 is 0 Å². The molecule has 1 amide bonds. The minimum Gasteiger partial charge on any atom is -0.493 e. The number of carbonyl (C=O) groups excluding carboxylic acids is 1. The number of nitrogens with zero attached hydrogens (tertiary/aromatic N) is 2. The predicted molar refractivity (Wildman–Crippen MR) is 116 cm³/mol. The first-order chi connectivity index (χ1) is 14.0. The van der Waals surface area contributed by atoms with Gasteiger partial charge in [-0.05, 0) is 35.9 Å². The molecule has 3 rings (SSSR count). The minimum absolute atomic E-state index is 0.123. The highest BCUT2D eigenvalue weighted by Gasteiger charge is 2.16. The van der Waals surface area contributed by atoms with Crippen molar-refractivity contribution < 1.29 is 14.3 Å². The molecule has 29 heavy (non-hydrogen) atoms. The molecule has 0 fully saturated rings. The van der Waals surface area contributed by atoms with Crippen LogP contribution in [0.2, 0.25) is 0 Å². The number of halogens is 1. The Hall–Kier alpha value is -3.24. The van der Waals surface area contributed by atoms with Crippen LogP contribution in [0, 0.1) is 12.3 Å². The lowest BCUT2D eigenvalue weighted by Gasteiger charge is -2.11. The van der Waals surface area contributed by atoms with Gasteiger partial charge in [-0.15, -0.1) is 6.42 Å². The molecule has 3 aromatic rings. The third-order valence-corrected chi connectivity index (χ3v) is 4.66. The second-order valence-electron chi connectivity index (χ2n) is 6.27. The first-order valence-corrected chi connectivity index (χ1v) is 9.62. The number of benzene rings is 2. The molecule has 0 unspecified atom stereocenters. The van der Waals surface area contributed by atoms with Gasteiger partial charge in [0.2, 0.25) is 5.91 Å². The summed E-state index contributed by atoms with van der Waals surface area (Å²) in [5, 5.41) is 7.43. The van der Waals surface area contributed by atoms with E-state index >= 15 is 0 Å². The van der Waals surface area contributed by atoms with Crippen LogP contribution in [0.3, 0.4) is 0 Å². The third-order valence-electron chi connectivity index (χ3n) is 4.13. The van der Waals surface area contributed by atoms with Crippen molar-refractivity contribution in [2.45, 2.75) is 6.42 Å². The zero-order valence-corrected chi connectivity index (χ0v) is 17.7. The lowest BCUT2D eigenvalue weighted by Crippen LogP contribution is -2.14. The van der Waals surface area contributed by atoms with Gasteiger partial charge in [0, 0.05) is 23.3 Å². The summed E-state index contributed by atoms with van der Waals surface area (Å²) in [6.45, 7) is 0.149. The summed E-state index contributed by atoms with van der Waals surface area (Å²) in [7, 11) is 3.36. The van der Waals surface area contributed by atoms with Crippen LogP contribution in [0.25, 0.3) is 11.3 Å². The molecule has 0 saturated carbocycles. The molecule has 0 aliphatic carbocycles. The Balaban J connectivity index is 1.82. The largest absolute Gasteiger partial charge is 0.493 e. The molecule has 0 radical (unpaired) electrons. The van der Waals surface area contributed by atoms with Crippen molar-refractivity contribution in [2.24, 2.45) is 7.05 Å². The fourth-order valence-electron chi connectivity index (χ4n) is 2.83. The van der Waals surface area contributed by atoms with Gasteiger partial charge in [0.15, 0.2) is 11.5 Å². The summed E-state index contributed by atoms with van der Waals surface area (Å²) in [6, 6.07) is 13.1. The van der Waals surface area contributed by atoms with Crippen LogP contribution in [-0.4, -0.2) is 29.4 Å². The van der Waals surface area contributed by atoms with Gasteiger partial charge in [-0.3, -0.25) is 9.48 Å². The van der Waals surface area contributed by atoms with Gasteiger partial charge < -0.3 is 14.8 Å². The highest BCUT2D eigenvalue weighted by Crippen LogP contribution is 2.34. The number of terminal acetylenes is 1. The van der Waals surface area contributed by atoms with Gasteiger partial charge in [0.1, 0.15) is 12.3 Å². The summed E-state index contributed by atoms with van der Waals surface area (Å²) >= 11 is 3.39. The monoisotopic (exact) mass is 453 g/mol. The molecule has 0 aliphatic heterocycles. The Morgan fingerprint density at radius 3 is 2.69 bits per heavy atom. The summed E-state index contributed by atoms with van der Waals surface area (Å²) in [5.41, 5.74) is 2.97. The van der Waals surface area contributed by atoms with E-state index in [4.69, 9.17) is 15.9 Å². The number of carbonyl (C=O) groups is 1. The van der Waals surface area contributed by atoms with Crippen molar-refractivity contribution in [1.29, 1.82) is 0 Å². The second-order valence-corrected chi connectivity index (χ2v) is 7.19. The van der Waals surface area contributed by atoms with Gasteiger partial charge in [-0.1, -0.05) is 34.0 Å². The number of anilines is 1. The molecule has 0 aliphatic rings. The second kappa shape index (κ2) is 9.30. The maximum absolute atomic E-state index is 12.5. The highest BCUT2D eigenvalue weighted by molar-refractivity contribution is 9.10. The first kappa shape index (κ1) is 20.5. The van der Waals surface area contributed by atoms with Crippen LogP contribution in [0.5, 0.6) is 11.5 Å². The van der Waals surface area contributed by atoms with E-state index in [2.05, 4.69) is 32.3 Å². The van der Waals surface area contributed by atoms with Crippen molar-refractivity contribution >= 4 is 27.5 Å². The number of hydrogen-bond acceptors (Lipinski definition) is 4. The van der Waals surface area contributed by atoms with E-state index in [1.54, 1.807) is 37.2 Å². The zero-order valence-electron chi connectivity index (χ0n) is 16.1. The number of aryl methyl sites for hydroxylation is 1. The summed E-state index contributed by atoms with van der Waals surface area (Å²) < 4.78 is 13.5. The summed E-state index contributed by atoms with van der Waals surface area (Å²) in [6.07, 6.45) is 7.28. The Bertz CT molecular complexity index is 1050. The van der Waals surface area contributed by atoms with Crippen LogP contribution < -0.4 is 14.8 Å². The smallest absolute Gasteiger partial charge is 0.228 e. The lowest BCUT2D eigenvalue weighted by atomic mass is 10.1. The van der Waals surface area contributed by atoms with E-state index in [1.165, 1.54) is 0 Å². The standard InChI is InChI=1S/C22H20BrN3O3/c1-4-11-29-19-10-7-16(13-20(19)28-3)22-18(14-26(2)25-22)24-21(27)12-15-5-8-17(23)9-6-15/h1,5-10,13-14H,11-12H2,2-3H3,(H,24,27). The molecule has 1 N–H and O–H groups in total. The van der Waals surface area contributed by atoms with Gasteiger partial charge in [-0.2, -0.15) is 5.10 Å². The van der Waals surface area contributed by atoms with Crippen LogP contribution >= 0.6 is 15.9 Å². The molecular weight excluding hydrogens is 434 g/mol. The maximum atomic E-state index is 12.5. The van der Waals surface area contributed by atoms with Crippen LogP contribution in [0.4, 0.5) is 5.69 Å². The molecule has 1 heterocycles. The minimum atomic E-state index is -0.123. The molecule has 148 valence electrons. The highest BCUT2D eigenvalue weighted by atomic mass is 79.9. The quantitative estimate of drug-likeness (QED) is 0.548. The van der Waals surface area contributed by atoms with Crippen molar-refractivity contribution in [3.05, 3.63) is 58.7 Å². The number of ether oxygens (including phenoxy) is 2. The molecular formula is C22H20BrN3O3. The number of methoxy groups -OCH3 is 1. The molecule has 1 aromatic heterocycles. The Morgan fingerprint density at radius 2 is 2.00 bits per heavy atom. The maximum Gasteiger partial charge on any atom is 0.228 e. The molecule has 7 heteroatoms. The van der Waals surface area contributed by atoms with Gasteiger partial charge >= 0.3 is 0 Å². The fourth-order valence-corrected chi connectivity index (χ4v) is 3.09. The van der Waals surface area contributed by atoms with Crippen LogP contribution in [0.1, 0.15) is 5.56 Å². The molecule has 0 atom stereocenters. The molecule has 0 spiro atoms. The topological polar surface area (TPSA) is 65.4 Å². The molecule has 0 saturated heterocycles. The van der Waals surface area contributed by atoms with E-state index in [9.17, 15) is 4.79 Å². The van der Waals surface area contributed by atoms with Gasteiger partial charge in [0.25, 0.3) is 0 Å². The van der Waals surface area contributed by atoms with Crippen molar-refractivity contribution in [3.8, 4) is 35.1 Å². The molecule has 2 aromatic carbocycles. The molecule has 6 nitrogen and oxygen atoms in total. The molecule has 0 bridgehead atoms. The predicted octanol–water partition coefficient (Wildman–Crippen LogP) is 4.05. The number of aromatic nitrogens is 2. The van der Waals surface area contributed by atoms with Gasteiger partial charge in [0.05, 0.1) is 19.2 Å². The lowest BCUT2D eigenvalue weighted by molar-refractivity contribution is -0.115. The summed E-state index contributed by atoms with van der Waals surface area (Å²) in [4.78, 5) is 12.5. The third kappa shape index (κ3) is 5.18. The Morgan fingerprint density at radius 1 is 1.24 bits per heavy atom. The fraction of sp³-hybridized carbons (Fsp3) is 0.182. The van der Waals surface area contributed by atoms with E-state index in [-0.39, 0.29) is 18.9 Å². The number of nitrogens with one attached hydrogen (secondary N) is 1. The SMILES string of the molecule is C#CCOc1ccc(-c2nn(C)cc2NC(=O)Cc2ccc(Br)cc2)cc1OC. The van der Waals surface area contributed by atoms with Crippen LogP contribution in [0.15, 0.2) is 53.1 Å². The number of amides is 1. The van der Waals surface area contributed by atoms with Crippen LogP contribution in [-0.2, 0) is 18.3 Å². The zero-order chi connectivity index (χ0) is 20.8. The van der Waals surface area contributed by atoms with Gasteiger partial charge in [-0.25, -0.2) is 0 Å². The average Bonchev–Trinajstić information content (AvgIpc) is 3.07. The van der Waals surface area contributed by atoms with E-state index in [1.807, 2.05) is 30.3 Å². The number of rotatable bonds is 7. The number of hydrogen-bond donors (Lipinski definition) is 1. The van der Waals surface area contributed by atoms with Crippen molar-refractivity contribution in [3.63, 3.8) is 0 Å². The normalized spacial score (nSPS) is 10.3. The van der Waals surface area contributed by atoms with Crippen molar-refractivity contribution in [1.82, 2.24) is 9.78 Å². The Labute approximate surface area is 178 Å². The van der Waals surface area contributed by atoms with E-state index in [0.29, 0.717) is 22.9 Å². The van der Waals surface area contributed by atoms with Crippen molar-refractivity contribution in [2.75, 3.05) is 19.0 Å². The summed E-state index contributed by atoms with van der Waals surface area (Å²) in [5.74, 6) is 3.39. The first-order valence-electron chi connectivity index (χ1n) is 8.82. The average molecular weight is 454 g/mol. The Kier molecular flexibility index (Phi) is 6.57.